The highest BCUT2D eigenvalue weighted by molar-refractivity contribution is 6.10. The molecule has 0 saturated heterocycles. The molecule has 0 spiro atoms. The Hall–Kier alpha value is -4.80. The van der Waals surface area contributed by atoms with Crippen LogP contribution in [0.25, 0.3) is 22.5 Å². The van der Waals surface area contributed by atoms with E-state index in [4.69, 9.17) is 4.98 Å². The van der Waals surface area contributed by atoms with Gasteiger partial charge >= 0.3 is 6.18 Å². The molecule has 10 nitrogen and oxygen atoms in total. The number of likely N-dealkylation sites (N-methyl/N-ethyl adjacent to an activating group) is 1. The third-order valence-electron chi connectivity index (χ3n) is 8.57. The van der Waals surface area contributed by atoms with E-state index >= 15 is 0 Å². The number of halogens is 3. The molecule has 1 aliphatic carbocycles. The van der Waals surface area contributed by atoms with E-state index in [0.717, 1.165) is 12.5 Å². The van der Waals surface area contributed by atoms with Crippen molar-refractivity contribution in [1.82, 2.24) is 24.6 Å². The zero-order valence-electron chi connectivity index (χ0n) is 27.3. The fraction of sp³-hybridized carbons (Fsp3) is 0.400. The molecule has 2 aromatic heterocycles. The Morgan fingerprint density at radius 3 is 2.52 bits per heavy atom. The van der Waals surface area contributed by atoms with Crippen molar-refractivity contribution >= 4 is 17.5 Å². The number of fused-ring (bicyclic) bond motifs is 1. The molecule has 13 heteroatoms. The molecule has 0 atom stereocenters. The number of aromatic nitrogens is 4. The first-order valence-corrected chi connectivity index (χ1v) is 15.8. The number of hydrogen-bond acceptors (Lipinski definition) is 8. The quantitative estimate of drug-likeness (QED) is 0.201. The lowest BCUT2D eigenvalue weighted by Gasteiger charge is -2.26. The number of nitriles is 1. The molecule has 1 amide bonds. The lowest BCUT2D eigenvalue weighted by molar-refractivity contribution is -0.138. The number of anilines is 2. The number of nitrogens with zero attached hydrogens (tertiary/aromatic N) is 7. The molecule has 2 aromatic carbocycles. The second kappa shape index (κ2) is 12.7. The molecule has 1 saturated carbocycles. The Morgan fingerprint density at radius 2 is 1.88 bits per heavy atom. The number of benzene rings is 2. The smallest absolute Gasteiger partial charge is 0.389 e. The van der Waals surface area contributed by atoms with Crippen molar-refractivity contribution in [3.63, 3.8) is 0 Å². The summed E-state index contributed by atoms with van der Waals surface area (Å²) in [6.45, 7) is 3.91. The summed E-state index contributed by atoms with van der Waals surface area (Å²) < 4.78 is 45.2. The van der Waals surface area contributed by atoms with Crippen LogP contribution in [0.4, 0.5) is 24.8 Å². The number of amides is 1. The summed E-state index contributed by atoms with van der Waals surface area (Å²) in [7, 11) is 3.51. The van der Waals surface area contributed by atoms with Crippen LogP contribution in [0, 0.1) is 17.2 Å². The van der Waals surface area contributed by atoms with Crippen LogP contribution in [-0.4, -0.2) is 61.4 Å². The molecule has 4 aromatic rings. The number of carbonyl (C=O) groups excluding carboxylic acids is 1. The van der Waals surface area contributed by atoms with Crippen LogP contribution >= 0.6 is 0 Å². The number of aryl methyl sites for hydroxylation is 1. The summed E-state index contributed by atoms with van der Waals surface area (Å²) in [5.41, 5.74) is 0.590. The summed E-state index contributed by atoms with van der Waals surface area (Å²) in [6.07, 6.45) is 0.178. The largest absolute Gasteiger partial charge is 0.416 e. The van der Waals surface area contributed by atoms with E-state index in [1.54, 1.807) is 68.0 Å². The number of alkyl halides is 3. The maximum absolute atomic E-state index is 14.5. The van der Waals surface area contributed by atoms with E-state index in [-0.39, 0.29) is 36.6 Å². The number of pyridine rings is 1. The van der Waals surface area contributed by atoms with Crippen molar-refractivity contribution in [2.24, 2.45) is 13.0 Å². The number of aliphatic hydroxyl groups is 1. The van der Waals surface area contributed by atoms with Crippen LogP contribution in [0.15, 0.2) is 48.8 Å². The van der Waals surface area contributed by atoms with Crippen molar-refractivity contribution in [2.45, 2.75) is 58.0 Å². The van der Waals surface area contributed by atoms with Crippen molar-refractivity contribution in [1.29, 1.82) is 5.26 Å². The molecule has 2 aliphatic rings. The summed E-state index contributed by atoms with van der Waals surface area (Å²) >= 11 is 0. The number of carbonyl (C=O) groups is 1. The van der Waals surface area contributed by atoms with Crippen LogP contribution < -0.4 is 10.2 Å². The standard InChI is InChI=1S/C35H37F3N8O2/c1-34(2,48)19-44(3)17-23-12-27-28(29(13-23)35(36,37)38)18-46(33(27)47)31-15-24(14-30(42-31)40-10-9-21-5-6-21)26-11-22(16-39)7-8-25(26)32-43-41-20-45(32)4/h7-8,11-15,20-21,48H,5-6,9-10,17-19H2,1-4H3,(H,40,42). The van der Waals surface area contributed by atoms with Crippen molar-refractivity contribution in [3.8, 4) is 28.6 Å². The summed E-state index contributed by atoms with van der Waals surface area (Å²) in [5.74, 6) is 1.26. The fourth-order valence-corrected chi connectivity index (χ4v) is 6.31. The highest BCUT2D eigenvalue weighted by atomic mass is 19.4. The Bertz CT molecular complexity index is 1900. The van der Waals surface area contributed by atoms with Crippen LogP contribution in [0.5, 0.6) is 0 Å². The van der Waals surface area contributed by atoms with Crippen LogP contribution in [0.1, 0.15) is 65.7 Å². The minimum Gasteiger partial charge on any atom is -0.389 e. The van der Waals surface area contributed by atoms with Gasteiger partial charge in [0.25, 0.3) is 5.91 Å². The first-order valence-electron chi connectivity index (χ1n) is 15.8. The predicted octanol–water partition coefficient (Wildman–Crippen LogP) is 6.01. The zero-order valence-corrected chi connectivity index (χ0v) is 27.3. The molecule has 2 N–H and O–H groups in total. The molecular weight excluding hydrogens is 621 g/mol. The first-order chi connectivity index (χ1) is 22.7. The molecule has 1 fully saturated rings. The third-order valence-corrected chi connectivity index (χ3v) is 8.57. The second-order valence-corrected chi connectivity index (χ2v) is 13.4. The molecule has 0 unspecified atom stereocenters. The Balaban J connectivity index is 1.43. The predicted molar refractivity (Wildman–Crippen MR) is 175 cm³/mol. The van der Waals surface area contributed by atoms with Crippen LogP contribution in [0.2, 0.25) is 0 Å². The van der Waals surface area contributed by atoms with Crippen molar-refractivity contribution in [3.05, 3.63) is 76.6 Å². The van der Waals surface area contributed by atoms with Crippen LogP contribution in [-0.2, 0) is 26.3 Å². The van der Waals surface area contributed by atoms with E-state index in [1.807, 2.05) is 6.07 Å². The molecule has 6 rings (SSSR count). The maximum atomic E-state index is 14.5. The highest BCUT2D eigenvalue weighted by Crippen LogP contribution is 2.41. The van der Waals surface area contributed by atoms with E-state index in [9.17, 15) is 28.3 Å². The van der Waals surface area contributed by atoms with Gasteiger partial charge in [-0.2, -0.15) is 18.4 Å². The van der Waals surface area contributed by atoms with Gasteiger partial charge in [-0.15, -0.1) is 10.2 Å². The summed E-state index contributed by atoms with van der Waals surface area (Å²) in [6, 6.07) is 13.4. The van der Waals surface area contributed by atoms with E-state index in [1.165, 1.54) is 23.8 Å². The summed E-state index contributed by atoms with van der Waals surface area (Å²) in [5, 5.41) is 31.6. The molecular formula is C35H37F3N8O2. The Labute approximate surface area is 276 Å². The lowest BCUT2D eigenvalue weighted by Crippen LogP contribution is -2.35. The van der Waals surface area contributed by atoms with Gasteiger partial charge < -0.3 is 15.0 Å². The molecule has 3 heterocycles. The van der Waals surface area contributed by atoms with Gasteiger partial charge in [-0.3, -0.25) is 14.6 Å². The summed E-state index contributed by atoms with van der Waals surface area (Å²) in [4.78, 5) is 21.7. The van der Waals surface area contributed by atoms with Crippen molar-refractivity contribution in [2.75, 3.05) is 30.4 Å². The minimum absolute atomic E-state index is 0.0295. The number of rotatable bonds is 11. The second-order valence-electron chi connectivity index (χ2n) is 13.4. The van der Waals surface area contributed by atoms with E-state index in [2.05, 4.69) is 21.6 Å². The fourth-order valence-electron chi connectivity index (χ4n) is 6.31. The highest BCUT2D eigenvalue weighted by Gasteiger charge is 2.41. The minimum atomic E-state index is -4.70. The topological polar surface area (TPSA) is 123 Å². The number of hydrogen-bond donors (Lipinski definition) is 2. The molecule has 48 heavy (non-hydrogen) atoms. The van der Waals surface area contributed by atoms with E-state index < -0.39 is 23.2 Å². The van der Waals surface area contributed by atoms with Crippen LogP contribution in [0.3, 0.4) is 0 Å². The van der Waals surface area contributed by atoms with Gasteiger partial charge in [-0.05, 0) is 98.0 Å². The molecule has 0 bridgehead atoms. The van der Waals surface area contributed by atoms with Crippen molar-refractivity contribution < 1.29 is 23.1 Å². The third kappa shape index (κ3) is 7.19. The molecule has 1 aliphatic heterocycles. The number of nitrogens with one attached hydrogen (secondary N) is 1. The average molecular weight is 659 g/mol. The van der Waals surface area contributed by atoms with Gasteiger partial charge in [0, 0.05) is 37.8 Å². The van der Waals surface area contributed by atoms with Gasteiger partial charge in [0.2, 0.25) is 0 Å². The zero-order chi connectivity index (χ0) is 34.4. The van der Waals surface area contributed by atoms with E-state index in [0.29, 0.717) is 51.9 Å². The van der Waals surface area contributed by atoms with Gasteiger partial charge in [-0.1, -0.05) is 12.8 Å². The van der Waals surface area contributed by atoms with Gasteiger partial charge in [0.1, 0.15) is 18.0 Å². The maximum Gasteiger partial charge on any atom is 0.416 e. The first kappa shape index (κ1) is 33.1. The lowest BCUT2D eigenvalue weighted by atomic mass is 9.97. The van der Waals surface area contributed by atoms with Gasteiger partial charge in [0.05, 0.1) is 29.3 Å². The van der Waals surface area contributed by atoms with Gasteiger partial charge in [0.15, 0.2) is 5.82 Å². The van der Waals surface area contributed by atoms with Gasteiger partial charge in [-0.25, -0.2) is 4.98 Å². The Morgan fingerprint density at radius 1 is 1.10 bits per heavy atom. The average Bonchev–Trinajstić information content (AvgIpc) is 3.65. The Kier molecular flexibility index (Phi) is 8.74. The normalized spacial score (nSPS) is 14.8. The molecule has 0 radical (unpaired) electrons. The monoisotopic (exact) mass is 658 g/mol. The SMILES string of the molecule is CN(Cc1cc2c(c(C(F)(F)F)c1)CN(c1cc(-c3cc(C#N)ccc3-c3nncn3C)cc(NCCC3CC3)n1)C2=O)CC(C)(C)O. The molecule has 250 valence electrons.